The van der Waals surface area contributed by atoms with Crippen LogP contribution in [-0.4, -0.2) is 25.9 Å². The molecule has 6 nitrogen and oxygen atoms in total. The number of aromatic nitrogens is 4. The van der Waals surface area contributed by atoms with Crippen molar-refractivity contribution in [2.75, 3.05) is 5.32 Å². The Balaban J connectivity index is 1.84. The number of aryl methyl sites for hydroxylation is 2. The third kappa shape index (κ3) is 3.18. The number of nitrogens with zero attached hydrogens (tertiary/aromatic N) is 4. The molecule has 1 atom stereocenters. The van der Waals surface area contributed by atoms with Gasteiger partial charge >= 0.3 is 0 Å². The van der Waals surface area contributed by atoms with Gasteiger partial charge in [0.1, 0.15) is 17.9 Å². The van der Waals surface area contributed by atoms with Crippen LogP contribution < -0.4 is 10.1 Å². The smallest absolute Gasteiger partial charge is 0.163 e. The number of ether oxygens (including phenoxy) is 1. The molecule has 0 aliphatic heterocycles. The Morgan fingerprint density at radius 3 is 2.83 bits per heavy atom. The molecule has 2 heterocycles. The van der Waals surface area contributed by atoms with Crippen LogP contribution in [0, 0.1) is 6.92 Å². The topological polar surface area (TPSA) is 64.9 Å². The molecule has 126 valence electrons. The molecule has 1 N–H and O–H groups in total. The Morgan fingerprint density at radius 2 is 2.04 bits per heavy atom. The molecule has 0 unspecified atom stereocenters. The van der Waals surface area contributed by atoms with E-state index in [4.69, 9.17) is 4.74 Å². The molecule has 0 amide bonds. The summed E-state index contributed by atoms with van der Waals surface area (Å²) in [4.78, 5) is 8.70. The van der Waals surface area contributed by atoms with E-state index in [1.54, 1.807) is 11.0 Å². The minimum absolute atomic E-state index is 0.192. The zero-order valence-corrected chi connectivity index (χ0v) is 14.6. The highest BCUT2D eigenvalue weighted by Crippen LogP contribution is 2.25. The van der Waals surface area contributed by atoms with Crippen LogP contribution in [-0.2, 0) is 13.6 Å². The van der Waals surface area contributed by atoms with Crippen LogP contribution in [0.4, 0.5) is 5.82 Å². The maximum absolute atomic E-state index is 6.01. The lowest BCUT2D eigenvalue weighted by Crippen LogP contribution is -2.12. The first kappa shape index (κ1) is 16.2. The molecule has 3 rings (SSSR count). The lowest BCUT2D eigenvalue weighted by Gasteiger charge is -2.16. The molecule has 2 aromatic heterocycles. The number of hydrogen-bond donors (Lipinski definition) is 1. The number of nitrogens with one attached hydrogen (secondary N) is 1. The van der Waals surface area contributed by atoms with E-state index < -0.39 is 0 Å². The molecule has 0 bridgehead atoms. The van der Waals surface area contributed by atoms with Crippen LogP contribution in [0.25, 0.3) is 11.0 Å². The number of benzene rings is 1. The highest BCUT2D eigenvalue weighted by molar-refractivity contribution is 5.89. The molecule has 0 radical (unpaired) electrons. The maximum Gasteiger partial charge on any atom is 0.163 e. The summed E-state index contributed by atoms with van der Waals surface area (Å²) in [6.45, 7) is 6.80. The highest BCUT2D eigenvalue weighted by Gasteiger charge is 2.13. The van der Waals surface area contributed by atoms with Crippen molar-refractivity contribution in [3.05, 3.63) is 41.9 Å². The van der Waals surface area contributed by atoms with Crippen LogP contribution in [0.15, 0.2) is 30.6 Å². The lowest BCUT2D eigenvalue weighted by molar-refractivity contribution is 0.215. The van der Waals surface area contributed by atoms with Crippen LogP contribution in [0.2, 0.25) is 0 Å². The summed E-state index contributed by atoms with van der Waals surface area (Å²) in [6.07, 6.45) is 2.73. The largest absolute Gasteiger partial charge is 0.490 e. The normalized spacial score (nSPS) is 12.3. The molecule has 0 saturated carbocycles. The fraction of sp³-hybridized carbons (Fsp3) is 0.389. The van der Waals surface area contributed by atoms with Crippen molar-refractivity contribution in [2.24, 2.45) is 7.05 Å². The second-order valence-corrected chi connectivity index (χ2v) is 5.93. The second kappa shape index (κ2) is 6.86. The number of fused-ring (bicyclic) bond motifs is 1. The Morgan fingerprint density at radius 1 is 1.25 bits per heavy atom. The summed E-state index contributed by atoms with van der Waals surface area (Å²) in [5.74, 6) is 1.71. The van der Waals surface area contributed by atoms with E-state index in [9.17, 15) is 0 Å². The number of rotatable bonds is 6. The molecule has 3 aromatic rings. The first-order valence-corrected chi connectivity index (χ1v) is 8.23. The van der Waals surface area contributed by atoms with Crippen LogP contribution in [0.5, 0.6) is 5.75 Å². The van der Waals surface area contributed by atoms with E-state index >= 15 is 0 Å². The molecular formula is C18H23N5O. The summed E-state index contributed by atoms with van der Waals surface area (Å²) in [6, 6.07) is 8.09. The molecule has 0 aliphatic rings. The van der Waals surface area contributed by atoms with Gasteiger partial charge in [0.25, 0.3) is 0 Å². The van der Waals surface area contributed by atoms with Crippen molar-refractivity contribution in [1.29, 1.82) is 0 Å². The summed E-state index contributed by atoms with van der Waals surface area (Å²) >= 11 is 0. The van der Waals surface area contributed by atoms with Gasteiger partial charge in [0.2, 0.25) is 0 Å². The average molecular weight is 325 g/mol. The number of para-hydroxylation sites is 1. The van der Waals surface area contributed by atoms with Gasteiger partial charge in [-0.3, -0.25) is 4.68 Å². The Labute approximate surface area is 141 Å². The molecule has 0 fully saturated rings. The monoisotopic (exact) mass is 325 g/mol. The Kier molecular flexibility index (Phi) is 4.64. The Hall–Kier alpha value is -2.63. The van der Waals surface area contributed by atoms with Crippen LogP contribution >= 0.6 is 0 Å². The lowest BCUT2D eigenvalue weighted by atomic mass is 10.2. The van der Waals surface area contributed by atoms with Gasteiger partial charge in [0, 0.05) is 19.2 Å². The standard InChI is InChI=1S/C18H23N5O/c1-5-12(2)24-15-9-7-6-8-14(15)10-19-17-16-13(3)22-23(4)18(16)21-11-20-17/h6-9,11-12H,5,10H2,1-4H3,(H,19,20,21)/t12-/m0/s1. The van der Waals surface area contributed by atoms with Gasteiger partial charge in [-0.15, -0.1) is 0 Å². The van der Waals surface area contributed by atoms with Crippen molar-refractivity contribution in [3.63, 3.8) is 0 Å². The third-order valence-corrected chi connectivity index (χ3v) is 4.12. The SMILES string of the molecule is CC[C@H](C)Oc1ccccc1CNc1ncnc2c1c(C)nn2C. The van der Waals surface area contributed by atoms with Crippen molar-refractivity contribution in [2.45, 2.75) is 39.8 Å². The molecule has 1 aromatic carbocycles. The zero-order valence-electron chi connectivity index (χ0n) is 14.6. The van der Waals surface area contributed by atoms with Gasteiger partial charge in [-0.1, -0.05) is 25.1 Å². The van der Waals surface area contributed by atoms with Crippen LogP contribution in [0.3, 0.4) is 0 Å². The first-order chi connectivity index (χ1) is 11.6. The fourth-order valence-corrected chi connectivity index (χ4v) is 2.66. The molecule has 0 aliphatic carbocycles. The molecular weight excluding hydrogens is 302 g/mol. The van der Waals surface area contributed by atoms with Gasteiger partial charge in [-0.2, -0.15) is 5.10 Å². The maximum atomic E-state index is 6.01. The van der Waals surface area contributed by atoms with Gasteiger partial charge in [-0.25, -0.2) is 9.97 Å². The van der Waals surface area contributed by atoms with E-state index in [0.717, 1.165) is 40.3 Å². The molecule has 24 heavy (non-hydrogen) atoms. The van der Waals surface area contributed by atoms with Gasteiger partial charge in [0.05, 0.1) is 17.2 Å². The van der Waals surface area contributed by atoms with Gasteiger partial charge < -0.3 is 10.1 Å². The van der Waals surface area contributed by atoms with E-state index in [1.807, 2.05) is 32.2 Å². The van der Waals surface area contributed by atoms with E-state index in [0.29, 0.717) is 6.54 Å². The zero-order chi connectivity index (χ0) is 17.1. The van der Waals surface area contributed by atoms with Gasteiger partial charge in [0.15, 0.2) is 5.65 Å². The van der Waals surface area contributed by atoms with E-state index in [-0.39, 0.29) is 6.10 Å². The molecule has 6 heteroatoms. The molecule has 0 saturated heterocycles. The average Bonchev–Trinajstić information content (AvgIpc) is 2.89. The van der Waals surface area contributed by atoms with Crippen molar-refractivity contribution in [1.82, 2.24) is 19.7 Å². The fourth-order valence-electron chi connectivity index (χ4n) is 2.66. The van der Waals surface area contributed by atoms with Crippen molar-refractivity contribution < 1.29 is 4.74 Å². The summed E-state index contributed by atoms with van der Waals surface area (Å²) in [5.41, 5.74) is 2.85. The first-order valence-electron chi connectivity index (χ1n) is 8.23. The van der Waals surface area contributed by atoms with Gasteiger partial charge in [-0.05, 0) is 26.3 Å². The van der Waals surface area contributed by atoms with E-state index in [2.05, 4.69) is 40.3 Å². The van der Waals surface area contributed by atoms with Crippen molar-refractivity contribution in [3.8, 4) is 5.75 Å². The second-order valence-electron chi connectivity index (χ2n) is 5.93. The van der Waals surface area contributed by atoms with Crippen molar-refractivity contribution >= 4 is 16.9 Å². The third-order valence-electron chi connectivity index (χ3n) is 4.12. The number of anilines is 1. The summed E-state index contributed by atoms with van der Waals surface area (Å²) < 4.78 is 7.78. The quantitative estimate of drug-likeness (QED) is 0.752. The van der Waals surface area contributed by atoms with Crippen LogP contribution in [0.1, 0.15) is 31.5 Å². The predicted octanol–water partition coefficient (Wildman–Crippen LogP) is 3.46. The molecule has 0 spiro atoms. The minimum atomic E-state index is 0.192. The van der Waals surface area contributed by atoms with E-state index in [1.165, 1.54) is 0 Å². The summed E-state index contributed by atoms with van der Waals surface area (Å²) in [7, 11) is 1.89. The predicted molar refractivity (Wildman–Crippen MR) is 95.2 cm³/mol. The number of hydrogen-bond acceptors (Lipinski definition) is 5. The summed E-state index contributed by atoms with van der Waals surface area (Å²) in [5, 5.41) is 8.79. The minimum Gasteiger partial charge on any atom is -0.490 e. The Bertz CT molecular complexity index is 843. The highest BCUT2D eigenvalue weighted by atomic mass is 16.5.